The van der Waals surface area contributed by atoms with Crippen molar-refractivity contribution in [1.82, 2.24) is 4.90 Å². The summed E-state index contributed by atoms with van der Waals surface area (Å²) in [5.74, 6) is -0.391. The zero-order valence-corrected chi connectivity index (χ0v) is 24.7. The zero-order chi connectivity index (χ0) is 26.4. The Kier molecular flexibility index (Phi) is 7.50. The molecular weight excluding hydrogens is 478 g/mol. The van der Waals surface area contributed by atoms with Crippen LogP contribution in [0, 0.1) is 5.92 Å². The summed E-state index contributed by atoms with van der Waals surface area (Å²) in [6, 6.07) is 8.37. The number of carbonyl (C=O) groups excluding carboxylic acids is 2. The molecule has 194 valence electrons. The molecule has 0 bridgehead atoms. The first-order valence-corrected chi connectivity index (χ1v) is 18.7. The first-order valence-electron chi connectivity index (χ1n) is 12.2. The average Bonchev–Trinajstić information content (AvgIpc) is 2.93. The van der Waals surface area contributed by atoms with Crippen LogP contribution in [0.5, 0.6) is 5.75 Å². The summed E-state index contributed by atoms with van der Waals surface area (Å²) in [5, 5.41) is 0. The predicted octanol–water partition coefficient (Wildman–Crippen LogP) is 4.75. The maximum Gasteiger partial charge on any atom is 0.337 e. The minimum absolute atomic E-state index is 0.108. The summed E-state index contributed by atoms with van der Waals surface area (Å²) in [5.41, 5.74) is -1.10. The minimum atomic E-state index is -2.20. The van der Waals surface area contributed by atoms with Crippen LogP contribution in [0.15, 0.2) is 36.4 Å². The van der Waals surface area contributed by atoms with Gasteiger partial charge >= 0.3 is 5.97 Å². The molecule has 0 aliphatic carbocycles. The van der Waals surface area contributed by atoms with E-state index < -0.39 is 45.8 Å². The number of hydrogen-bond donors (Lipinski definition) is 0. The molecule has 2 saturated heterocycles. The highest BCUT2D eigenvalue weighted by molar-refractivity contribution is 6.71. The molecule has 3 rings (SSSR count). The first kappa shape index (κ1) is 27.6. The van der Waals surface area contributed by atoms with Gasteiger partial charge in [-0.25, -0.2) is 4.79 Å². The van der Waals surface area contributed by atoms with Gasteiger partial charge in [0.2, 0.25) is 5.91 Å². The normalized spacial score (nSPS) is 28.9. The van der Waals surface area contributed by atoms with Crippen LogP contribution in [-0.2, 0) is 29.7 Å². The summed E-state index contributed by atoms with van der Waals surface area (Å²) >= 11 is 0. The molecule has 0 spiro atoms. The highest BCUT2D eigenvalue weighted by atomic mass is 28.4. The highest BCUT2D eigenvalue weighted by Gasteiger charge is 2.76. The standard InChI is InChI=1S/C26H41NO6Si2/c1-18(2)22(32-34(6,7)8)26(24(29)31-5)25(3)21(15-16-35(9,10)33-25)23(28)27(26)17-19-11-13-20(30-4)14-12-19/h11-14,21-22H,1,15-17H2,2-10H3/t21-,22-,25-,26-/m0/s1. The molecule has 0 unspecified atom stereocenters. The lowest BCUT2D eigenvalue weighted by Crippen LogP contribution is -2.74. The molecule has 7 nitrogen and oxygen atoms in total. The molecule has 2 heterocycles. The van der Waals surface area contributed by atoms with Gasteiger partial charge in [0.15, 0.2) is 22.2 Å². The second-order valence-corrected chi connectivity index (χ2v) is 20.2. The second-order valence-electron chi connectivity index (χ2n) is 11.5. The summed E-state index contributed by atoms with van der Waals surface area (Å²) in [6.07, 6.45) is -0.107. The van der Waals surface area contributed by atoms with Gasteiger partial charge in [0.05, 0.1) is 20.1 Å². The fourth-order valence-corrected chi connectivity index (χ4v) is 9.40. The lowest BCUT2D eigenvalue weighted by Gasteiger charge is -2.55. The van der Waals surface area contributed by atoms with Crippen LogP contribution in [0.1, 0.15) is 25.8 Å². The number of amides is 1. The van der Waals surface area contributed by atoms with Gasteiger partial charge in [-0.15, -0.1) is 0 Å². The molecule has 2 aliphatic heterocycles. The Balaban J connectivity index is 2.30. The SMILES string of the molecule is C=C(C)[C@H](O[Si](C)(C)C)[C@@]1(C(=O)OC)N(Cc2ccc(OC)cc2)C(=O)[C@@H]2CC[Si](C)(C)O[C@@]21C. The Labute approximate surface area is 212 Å². The highest BCUT2D eigenvalue weighted by Crippen LogP contribution is 2.56. The number of carbonyl (C=O) groups is 2. The molecule has 4 atom stereocenters. The van der Waals surface area contributed by atoms with E-state index in [2.05, 4.69) is 39.3 Å². The smallest absolute Gasteiger partial charge is 0.337 e. The van der Waals surface area contributed by atoms with Gasteiger partial charge in [0.25, 0.3) is 0 Å². The van der Waals surface area contributed by atoms with E-state index in [1.165, 1.54) is 7.11 Å². The van der Waals surface area contributed by atoms with Crippen LogP contribution in [0.4, 0.5) is 0 Å². The second kappa shape index (κ2) is 9.50. The Hall–Kier alpha value is -1.95. The number of ether oxygens (including phenoxy) is 2. The quantitative estimate of drug-likeness (QED) is 0.280. The number of fused-ring (bicyclic) bond motifs is 1. The Morgan fingerprint density at radius 3 is 2.34 bits per heavy atom. The minimum Gasteiger partial charge on any atom is -0.497 e. The van der Waals surface area contributed by atoms with Crippen molar-refractivity contribution in [3.63, 3.8) is 0 Å². The van der Waals surface area contributed by atoms with Crippen molar-refractivity contribution in [3.8, 4) is 5.75 Å². The molecular formula is C26H41NO6Si2. The number of methoxy groups -OCH3 is 2. The summed E-state index contributed by atoms with van der Waals surface area (Å²) in [4.78, 5) is 29.9. The molecule has 1 amide bonds. The van der Waals surface area contributed by atoms with E-state index in [-0.39, 0.29) is 12.5 Å². The fourth-order valence-electron chi connectivity index (χ4n) is 5.79. The number of benzene rings is 1. The topological polar surface area (TPSA) is 74.3 Å². The van der Waals surface area contributed by atoms with Crippen molar-refractivity contribution in [2.45, 2.75) is 82.8 Å². The van der Waals surface area contributed by atoms with E-state index in [4.69, 9.17) is 18.3 Å². The van der Waals surface area contributed by atoms with Gasteiger partial charge in [-0.1, -0.05) is 24.3 Å². The first-order chi connectivity index (χ1) is 16.1. The largest absolute Gasteiger partial charge is 0.497 e. The monoisotopic (exact) mass is 519 g/mol. The molecule has 0 radical (unpaired) electrons. The molecule has 0 saturated carbocycles. The number of esters is 1. The van der Waals surface area contributed by atoms with Crippen LogP contribution < -0.4 is 4.74 Å². The summed E-state index contributed by atoms with van der Waals surface area (Å²) < 4.78 is 24.4. The van der Waals surface area contributed by atoms with Gasteiger partial charge in [0.1, 0.15) is 17.5 Å². The molecule has 35 heavy (non-hydrogen) atoms. The third-order valence-corrected chi connectivity index (χ3v) is 10.6. The fraction of sp³-hybridized carbons (Fsp3) is 0.615. The van der Waals surface area contributed by atoms with Crippen LogP contribution in [0.2, 0.25) is 38.8 Å². The average molecular weight is 520 g/mol. The molecule has 1 aromatic rings. The van der Waals surface area contributed by atoms with Crippen molar-refractivity contribution < 1.29 is 27.9 Å². The Bertz CT molecular complexity index is 989. The van der Waals surface area contributed by atoms with Gasteiger partial charge in [-0.05, 0) is 76.7 Å². The Morgan fingerprint density at radius 2 is 1.86 bits per heavy atom. The van der Waals surface area contributed by atoms with E-state index in [9.17, 15) is 9.59 Å². The molecule has 0 N–H and O–H groups in total. The van der Waals surface area contributed by atoms with Crippen molar-refractivity contribution in [3.05, 3.63) is 42.0 Å². The van der Waals surface area contributed by atoms with Crippen molar-refractivity contribution in [1.29, 1.82) is 0 Å². The maximum atomic E-state index is 14.2. The van der Waals surface area contributed by atoms with Crippen LogP contribution in [0.25, 0.3) is 0 Å². The Morgan fingerprint density at radius 1 is 1.26 bits per heavy atom. The lowest BCUT2D eigenvalue weighted by molar-refractivity contribution is -0.180. The third-order valence-electron chi connectivity index (χ3n) is 7.23. The van der Waals surface area contributed by atoms with E-state index in [1.807, 2.05) is 38.1 Å². The van der Waals surface area contributed by atoms with Crippen LogP contribution >= 0.6 is 0 Å². The van der Waals surface area contributed by atoms with Crippen LogP contribution in [0.3, 0.4) is 0 Å². The van der Waals surface area contributed by atoms with E-state index in [0.717, 1.165) is 17.4 Å². The maximum absolute atomic E-state index is 14.2. The number of likely N-dealkylation sites (tertiary alicyclic amines) is 1. The molecule has 2 fully saturated rings. The summed E-state index contributed by atoms with van der Waals surface area (Å²) in [6.45, 7) is 18.7. The van der Waals surface area contributed by atoms with Gasteiger partial charge in [-0.2, -0.15) is 0 Å². The predicted molar refractivity (Wildman–Crippen MR) is 141 cm³/mol. The van der Waals surface area contributed by atoms with Crippen LogP contribution in [-0.4, -0.2) is 64.9 Å². The molecule has 2 aliphatic rings. The van der Waals surface area contributed by atoms with Crippen molar-refractivity contribution in [2.24, 2.45) is 5.92 Å². The van der Waals surface area contributed by atoms with Crippen molar-refractivity contribution in [2.75, 3.05) is 14.2 Å². The van der Waals surface area contributed by atoms with Gasteiger partial charge in [0, 0.05) is 6.54 Å². The zero-order valence-electron chi connectivity index (χ0n) is 22.7. The third kappa shape index (κ3) is 4.75. The van der Waals surface area contributed by atoms with E-state index in [0.29, 0.717) is 12.0 Å². The van der Waals surface area contributed by atoms with E-state index in [1.54, 1.807) is 12.0 Å². The number of nitrogens with zero attached hydrogens (tertiary/aromatic N) is 1. The molecule has 9 heteroatoms. The van der Waals surface area contributed by atoms with E-state index >= 15 is 0 Å². The number of hydrogen-bond acceptors (Lipinski definition) is 6. The summed E-state index contributed by atoms with van der Waals surface area (Å²) in [7, 11) is -1.40. The number of rotatable bonds is 8. The molecule has 1 aromatic carbocycles. The lowest BCUT2D eigenvalue weighted by atomic mass is 9.70. The van der Waals surface area contributed by atoms with Gasteiger partial charge in [-0.3, -0.25) is 4.79 Å². The molecule has 0 aromatic heterocycles. The van der Waals surface area contributed by atoms with Crippen molar-refractivity contribution >= 4 is 28.5 Å². The van der Waals surface area contributed by atoms with Gasteiger partial charge < -0.3 is 23.2 Å².